The number of likely N-dealkylation sites (tertiary alicyclic amines) is 1. The molecule has 0 unspecified atom stereocenters. The number of piperidine rings is 1. The van der Waals surface area contributed by atoms with Crippen LogP contribution in [0.1, 0.15) is 40.0 Å². The number of amides is 2. The van der Waals surface area contributed by atoms with Crippen molar-refractivity contribution in [3.05, 3.63) is 64.1 Å². The van der Waals surface area contributed by atoms with Crippen LogP contribution in [0.2, 0.25) is 0 Å². The van der Waals surface area contributed by atoms with E-state index in [1.165, 1.54) is 6.42 Å². The SMILES string of the molecule is O=C(NC(=S)Nc1cccc(C(=O)N2CCCCC2)c1)c1ccc(Br)cc1. The van der Waals surface area contributed by atoms with Crippen molar-refractivity contribution in [2.75, 3.05) is 18.4 Å². The minimum absolute atomic E-state index is 0.0307. The van der Waals surface area contributed by atoms with Gasteiger partial charge in [0.2, 0.25) is 0 Å². The second kappa shape index (κ2) is 9.10. The monoisotopic (exact) mass is 445 g/mol. The number of hydrogen-bond acceptors (Lipinski definition) is 3. The minimum atomic E-state index is -0.291. The van der Waals surface area contributed by atoms with Gasteiger partial charge in [0.1, 0.15) is 0 Å². The molecule has 1 heterocycles. The Bertz CT molecular complexity index is 849. The molecule has 0 aliphatic carbocycles. The van der Waals surface area contributed by atoms with Crippen LogP contribution in [0.4, 0.5) is 5.69 Å². The fraction of sp³-hybridized carbons (Fsp3) is 0.250. The maximum Gasteiger partial charge on any atom is 0.257 e. The highest BCUT2D eigenvalue weighted by molar-refractivity contribution is 9.10. The van der Waals surface area contributed by atoms with Gasteiger partial charge in [-0.15, -0.1) is 0 Å². The van der Waals surface area contributed by atoms with Crippen LogP contribution in [-0.4, -0.2) is 34.9 Å². The minimum Gasteiger partial charge on any atom is -0.339 e. The molecule has 0 radical (unpaired) electrons. The Balaban J connectivity index is 1.61. The molecule has 3 rings (SSSR count). The van der Waals surface area contributed by atoms with Crippen LogP contribution >= 0.6 is 28.1 Å². The van der Waals surface area contributed by atoms with E-state index in [-0.39, 0.29) is 16.9 Å². The Kier molecular flexibility index (Phi) is 6.58. The number of nitrogens with zero attached hydrogens (tertiary/aromatic N) is 1. The van der Waals surface area contributed by atoms with Gasteiger partial charge in [0, 0.05) is 34.4 Å². The zero-order chi connectivity index (χ0) is 19.2. The van der Waals surface area contributed by atoms with Crippen molar-refractivity contribution in [3.8, 4) is 0 Å². The second-order valence-corrected chi connectivity index (χ2v) is 7.67. The highest BCUT2D eigenvalue weighted by atomic mass is 79.9. The van der Waals surface area contributed by atoms with Crippen molar-refractivity contribution in [2.45, 2.75) is 19.3 Å². The zero-order valence-electron chi connectivity index (χ0n) is 14.7. The van der Waals surface area contributed by atoms with Crippen molar-refractivity contribution >= 4 is 50.8 Å². The van der Waals surface area contributed by atoms with E-state index in [2.05, 4.69) is 26.6 Å². The van der Waals surface area contributed by atoms with Crippen molar-refractivity contribution in [2.24, 2.45) is 0 Å². The summed E-state index contributed by atoms with van der Waals surface area (Å²) in [5.74, 6) is -0.260. The number of anilines is 1. The van der Waals surface area contributed by atoms with Gasteiger partial charge in [-0.1, -0.05) is 22.0 Å². The highest BCUT2D eigenvalue weighted by Gasteiger charge is 2.18. The molecule has 1 saturated heterocycles. The van der Waals surface area contributed by atoms with Crippen molar-refractivity contribution in [1.29, 1.82) is 0 Å². The van der Waals surface area contributed by atoms with Crippen molar-refractivity contribution < 1.29 is 9.59 Å². The van der Waals surface area contributed by atoms with Crippen molar-refractivity contribution in [3.63, 3.8) is 0 Å². The largest absolute Gasteiger partial charge is 0.339 e. The molecule has 0 atom stereocenters. The Hall–Kier alpha value is -2.25. The summed E-state index contributed by atoms with van der Waals surface area (Å²) in [5.41, 5.74) is 1.79. The lowest BCUT2D eigenvalue weighted by Crippen LogP contribution is -2.36. The number of carbonyl (C=O) groups excluding carboxylic acids is 2. The maximum atomic E-state index is 12.6. The van der Waals surface area contributed by atoms with Crippen LogP contribution in [0.5, 0.6) is 0 Å². The molecule has 5 nitrogen and oxygen atoms in total. The highest BCUT2D eigenvalue weighted by Crippen LogP contribution is 2.16. The fourth-order valence-electron chi connectivity index (χ4n) is 2.95. The van der Waals surface area contributed by atoms with Gasteiger partial charge in [-0.25, -0.2) is 0 Å². The summed E-state index contributed by atoms with van der Waals surface area (Å²) in [6.45, 7) is 1.61. The Morgan fingerprint density at radius 2 is 1.67 bits per heavy atom. The molecule has 0 aromatic heterocycles. The number of nitrogens with one attached hydrogen (secondary N) is 2. The maximum absolute atomic E-state index is 12.6. The van der Waals surface area contributed by atoms with E-state index >= 15 is 0 Å². The van der Waals surface area contributed by atoms with Gasteiger partial charge in [0.15, 0.2) is 5.11 Å². The molecule has 2 N–H and O–H groups in total. The molecular weight excluding hydrogens is 426 g/mol. The fourth-order valence-corrected chi connectivity index (χ4v) is 3.42. The Morgan fingerprint density at radius 1 is 0.963 bits per heavy atom. The molecular formula is C20H20BrN3O2S. The van der Waals surface area contributed by atoms with Gasteiger partial charge in [-0.05, 0) is 73.9 Å². The number of hydrogen-bond donors (Lipinski definition) is 2. The molecule has 27 heavy (non-hydrogen) atoms. The molecule has 0 spiro atoms. The molecule has 1 fully saturated rings. The average molecular weight is 446 g/mol. The summed E-state index contributed by atoms with van der Waals surface area (Å²) in [4.78, 5) is 26.7. The quantitative estimate of drug-likeness (QED) is 0.694. The van der Waals surface area contributed by atoms with Gasteiger partial charge in [-0.2, -0.15) is 0 Å². The molecule has 0 bridgehead atoms. The number of thiocarbonyl (C=S) groups is 1. The Morgan fingerprint density at radius 3 is 2.37 bits per heavy atom. The average Bonchev–Trinajstić information content (AvgIpc) is 2.68. The summed E-state index contributed by atoms with van der Waals surface area (Å²) in [5, 5.41) is 5.80. The van der Waals surface area contributed by atoms with Crippen LogP contribution in [0, 0.1) is 0 Å². The molecule has 2 aromatic rings. The third kappa shape index (κ3) is 5.37. The van der Waals surface area contributed by atoms with Crippen LogP contribution in [0.3, 0.4) is 0 Å². The smallest absolute Gasteiger partial charge is 0.257 e. The van der Waals surface area contributed by atoms with Crippen LogP contribution in [0.25, 0.3) is 0 Å². The lowest BCUT2D eigenvalue weighted by Gasteiger charge is -2.26. The number of carbonyl (C=O) groups is 2. The molecule has 140 valence electrons. The van der Waals surface area contributed by atoms with E-state index in [0.717, 1.165) is 30.4 Å². The first-order valence-corrected chi connectivity index (χ1v) is 10.0. The van der Waals surface area contributed by atoms with E-state index in [9.17, 15) is 9.59 Å². The van der Waals surface area contributed by atoms with E-state index in [1.807, 2.05) is 11.0 Å². The predicted octanol–water partition coefficient (Wildman–Crippen LogP) is 4.20. The zero-order valence-corrected chi connectivity index (χ0v) is 17.1. The molecule has 2 aromatic carbocycles. The molecule has 0 saturated carbocycles. The van der Waals surface area contributed by atoms with Gasteiger partial charge < -0.3 is 10.2 Å². The number of benzene rings is 2. The van der Waals surface area contributed by atoms with Gasteiger partial charge >= 0.3 is 0 Å². The molecule has 1 aliphatic heterocycles. The predicted molar refractivity (Wildman–Crippen MR) is 114 cm³/mol. The normalized spacial score (nSPS) is 13.7. The number of halogens is 1. The van der Waals surface area contributed by atoms with Gasteiger partial charge in [0.25, 0.3) is 11.8 Å². The third-order valence-electron chi connectivity index (χ3n) is 4.34. The second-order valence-electron chi connectivity index (χ2n) is 6.35. The summed E-state index contributed by atoms with van der Waals surface area (Å²) >= 11 is 8.56. The van der Waals surface area contributed by atoms with Gasteiger partial charge in [0.05, 0.1) is 0 Å². The third-order valence-corrected chi connectivity index (χ3v) is 5.08. The first-order chi connectivity index (χ1) is 13.0. The van der Waals surface area contributed by atoms with Crippen LogP contribution < -0.4 is 10.6 Å². The van der Waals surface area contributed by atoms with E-state index in [1.54, 1.807) is 42.5 Å². The molecule has 2 amide bonds. The summed E-state index contributed by atoms with van der Waals surface area (Å²) in [6.07, 6.45) is 3.28. The van der Waals surface area contributed by atoms with Crippen molar-refractivity contribution in [1.82, 2.24) is 10.2 Å². The topological polar surface area (TPSA) is 61.4 Å². The first kappa shape index (κ1) is 19.5. The van der Waals surface area contributed by atoms with Crippen LogP contribution in [0.15, 0.2) is 53.0 Å². The van der Waals surface area contributed by atoms with E-state index in [0.29, 0.717) is 16.8 Å². The lowest BCUT2D eigenvalue weighted by molar-refractivity contribution is 0.0724. The first-order valence-electron chi connectivity index (χ1n) is 8.80. The Labute approximate surface area is 172 Å². The molecule has 1 aliphatic rings. The van der Waals surface area contributed by atoms with E-state index in [4.69, 9.17) is 12.2 Å². The summed E-state index contributed by atoms with van der Waals surface area (Å²) in [6, 6.07) is 14.2. The standard InChI is InChI=1S/C20H20BrN3O2S/c21-16-9-7-14(8-10-16)18(25)23-20(27)22-17-6-4-5-15(13-17)19(26)24-11-2-1-3-12-24/h4-10,13H,1-3,11-12H2,(H2,22,23,25,27). The summed E-state index contributed by atoms with van der Waals surface area (Å²) in [7, 11) is 0. The lowest BCUT2D eigenvalue weighted by atomic mass is 10.1. The van der Waals surface area contributed by atoms with Crippen LogP contribution in [-0.2, 0) is 0 Å². The van der Waals surface area contributed by atoms with Gasteiger partial charge in [-0.3, -0.25) is 14.9 Å². The summed E-state index contributed by atoms with van der Waals surface area (Å²) < 4.78 is 0.898. The van der Waals surface area contributed by atoms with E-state index < -0.39 is 0 Å². The molecule has 7 heteroatoms. The number of rotatable bonds is 3.